The Bertz CT molecular complexity index is 654. The fourth-order valence-electron chi connectivity index (χ4n) is 4.53. The molecule has 0 aromatic carbocycles. The van der Waals surface area contributed by atoms with Crippen LogP contribution in [0.3, 0.4) is 0 Å². The van der Waals surface area contributed by atoms with Gasteiger partial charge in [-0.25, -0.2) is 0 Å². The van der Waals surface area contributed by atoms with Crippen LogP contribution in [0.5, 0.6) is 0 Å². The number of nitrogens with one attached hydrogen (secondary N) is 2. The van der Waals surface area contributed by atoms with Crippen molar-refractivity contribution in [3.05, 3.63) is 0 Å². The molecule has 14 heteroatoms. The molecule has 2 aliphatic heterocycles. The molecule has 2 heterocycles. The van der Waals surface area contributed by atoms with Gasteiger partial charge < -0.3 is 61.0 Å². The maximum Gasteiger partial charge on any atom is 0.222 e. The molecule has 0 aromatic heterocycles. The molecule has 2 aliphatic rings. The average molecular weight is 553 g/mol. The molecule has 222 valence electrons. The largest absolute Gasteiger partial charge is 0.394 e. The fraction of sp³-hybridized carbons (Fsp3) is 0.917. The van der Waals surface area contributed by atoms with Crippen LogP contribution in [-0.2, 0) is 19.1 Å². The van der Waals surface area contributed by atoms with Gasteiger partial charge in [0.25, 0.3) is 0 Å². The molecule has 0 spiro atoms. The van der Waals surface area contributed by atoms with Crippen molar-refractivity contribution < 1.29 is 59.9 Å². The highest BCUT2D eigenvalue weighted by atomic mass is 16.6. The monoisotopic (exact) mass is 552 g/mol. The summed E-state index contributed by atoms with van der Waals surface area (Å²) >= 11 is 0. The highest BCUT2D eigenvalue weighted by molar-refractivity contribution is 5.76. The van der Waals surface area contributed by atoms with Gasteiger partial charge in [0.05, 0.1) is 13.2 Å². The number of carbonyl (C=O) groups excluding carboxylic acids is 2. The van der Waals surface area contributed by atoms with Crippen molar-refractivity contribution in [2.75, 3.05) is 13.2 Å². The van der Waals surface area contributed by atoms with E-state index < -0.39 is 74.5 Å². The van der Waals surface area contributed by atoms with E-state index in [0.29, 0.717) is 12.8 Å². The van der Waals surface area contributed by atoms with Crippen molar-refractivity contribution in [2.24, 2.45) is 0 Å². The van der Waals surface area contributed by atoms with Gasteiger partial charge in [0.1, 0.15) is 48.8 Å². The number of amides is 2. The van der Waals surface area contributed by atoms with Crippen molar-refractivity contribution in [3.8, 4) is 0 Å². The van der Waals surface area contributed by atoms with Crippen LogP contribution < -0.4 is 10.6 Å². The normalized spacial score (nSPS) is 35.6. The van der Waals surface area contributed by atoms with Crippen molar-refractivity contribution >= 4 is 11.8 Å². The first-order valence-corrected chi connectivity index (χ1v) is 13.3. The molecule has 2 saturated heterocycles. The van der Waals surface area contributed by atoms with Gasteiger partial charge in [-0.3, -0.25) is 9.59 Å². The first-order valence-electron chi connectivity index (χ1n) is 13.3. The summed E-state index contributed by atoms with van der Waals surface area (Å²) in [5.74, 6) is -0.729. The number of carbonyl (C=O) groups is 2. The smallest absolute Gasteiger partial charge is 0.222 e. The summed E-state index contributed by atoms with van der Waals surface area (Å²) in [4.78, 5) is 24.2. The average Bonchev–Trinajstić information content (AvgIpc) is 2.90. The van der Waals surface area contributed by atoms with Crippen LogP contribution in [0.4, 0.5) is 0 Å². The molecule has 0 aromatic rings. The van der Waals surface area contributed by atoms with Crippen LogP contribution in [0.1, 0.15) is 64.2 Å². The highest BCUT2D eigenvalue weighted by Crippen LogP contribution is 2.21. The Kier molecular flexibility index (Phi) is 14.3. The van der Waals surface area contributed by atoms with Gasteiger partial charge in [0.2, 0.25) is 11.8 Å². The van der Waals surface area contributed by atoms with Crippen molar-refractivity contribution in [2.45, 2.75) is 125 Å². The lowest BCUT2D eigenvalue weighted by atomic mass is 9.98. The van der Waals surface area contributed by atoms with Crippen molar-refractivity contribution in [1.82, 2.24) is 10.6 Å². The van der Waals surface area contributed by atoms with Gasteiger partial charge in [-0.05, 0) is 12.8 Å². The molecule has 2 fully saturated rings. The van der Waals surface area contributed by atoms with E-state index in [9.17, 15) is 50.4 Å². The lowest BCUT2D eigenvalue weighted by Crippen LogP contribution is -2.63. The van der Waals surface area contributed by atoms with E-state index in [2.05, 4.69) is 10.6 Å². The molecule has 38 heavy (non-hydrogen) atoms. The first kappa shape index (κ1) is 32.8. The molecule has 0 saturated carbocycles. The predicted octanol–water partition coefficient (Wildman–Crippen LogP) is -3.28. The van der Waals surface area contributed by atoms with Crippen LogP contribution in [0.2, 0.25) is 0 Å². The molecule has 0 aliphatic carbocycles. The third-order valence-electron chi connectivity index (χ3n) is 6.95. The third kappa shape index (κ3) is 9.62. The zero-order valence-corrected chi connectivity index (χ0v) is 21.5. The Morgan fingerprint density at radius 2 is 0.816 bits per heavy atom. The lowest BCUT2D eigenvalue weighted by Gasteiger charge is -2.40. The summed E-state index contributed by atoms with van der Waals surface area (Å²) in [5.41, 5.74) is 0. The molecule has 0 unspecified atom stereocenters. The van der Waals surface area contributed by atoms with Crippen LogP contribution >= 0.6 is 0 Å². The number of aliphatic hydroxyl groups is 8. The second-order valence-corrected chi connectivity index (χ2v) is 9.96. The maximum absolute atomic E-state index is 12.1. The number of ether oxygens (including phenoxy) is 2. The van der Waals surface area contributed by atoms with E-state index in [4.69, 9.17) is 9.47 Å². The SMILES string of the molecule is O=C(CCCCCCCCCCC(=O)N[C@H]1O[C@H](CO)[C@H](O)[C@H](O)[C@H]1O)N[C@@H]1O[C@H](CO)[C@H](O)[C@H](O)[C@H]1O. The van der Waals surface area contributed by atoms with Gasteiger partial charge in [-0.1, -0.05) is 38.5 Å². The molecule has 10 atom stereocenters. The quantitative estimate of drug-likeness (QED) is 0.0900. The van der Waals surface area contributed by atoms with Gasteiger partial charge in [-0.15, -0.1) is 0 Å². The molecule has 14 nitrogen and oxygen atoms in total. The molecule has 2 rings (SSSR count). The predicted molar refractivity (Wildman–Crippen MR) is 130 cm³/mol. The van der Waals surface area contributed by atoms with Crippen molar-refractivity contribution in [3.63, 3.8) is 0 Å². The highest BCUT2D eigenvalue weighted by Gasteiger charge is 2.45. The summed E-state index contributed by atoms with van der Waals surface area (Å²) in [6, 6.07) is 0. The van der Waals surface area contributed by atoms with E-state index >= 15 is 0 Å². The summed E-state index contributed by atoms with van der Waals surface area (Å²) in [6.07, 6.45) is -6.52. The van der Waals surface area contributed by atoms with E-state index in [1.54, 1.807) is 0 Å². The summed E-state index contributed by atoms with van der Waals surface area (Å²) in [6.45, 7) is -1.13. The molecule has 10 N–H and O–H groups in total. The molecule has 0 radical (unpaired) electrons. The van der Waals surface area contributed by atoms with Crippen LogP contribution in [0.25, 0.3) is 0 Å². The molecular formula is C24H44N2O12. The Balaban J connectivity index is 1.48. The summed E-state index contributed by atoms with van der Waals surface area (Å²) in [7, 11) is 0. The summed E-state index contributed by atoms with van der Waals surface area (Å²) in [5, 5.41) is 82.3. The summed E-state index contributed by atoms with van der Waals surface area (Å²) < 4.78 is 10.5. The molecular weight excluding hydrogens is 508 g/mol. The minimum atomic E-state index is -1.54. The number of hydrogen-bond donors (Lipinski definition) is 10. The second-order valence-electron chi connectivity index (χ2n) is 9.96. The van der Waals surface area contributed by atoms with E-state index in [-0.39, 0.29) is 24.7 Å². The Morgan fingerprint density at radius 3 is 1.13 bits per heavy atom. The zero-order chi connectivity index (χ0) is 28.2. The number of hydrogen-bond acceptors (Lipinski definition) is 12. The minimum absolute atomic E-state index is 0.207. The van der Waals surface area contributed by atoms with Gasteiger partial charge in [0, 0.05) is 12.8 Å². The van der Waals surface area contributed by atoms with Gasteiger partial charge in [0.15, 0.2) is 12.5 Å². The molecule has 2 amide bonds. The van der Waals surface area contributed by atoms with E-state index in [1.807, 2.05) is 0 Å². The van der Waals surface area contributed by atoms with Crippen LogP contribution in [0.15, 0.2) is 0 Å². The van der Waals surface area contributed by atoms with E-state index in [1.165, 1.54) is 0 Å². The molecule has 0 bridgehead atoms. The second kappa shape index (κ2) is 16.6. The van der Waals surface area contributed by atoms with Crippen molar-refractivity contribution in [1.29, 1.82) is 0 Å². The van der Waals surface area contributed by atoms with Crippen LogP contribution in [0, 0.1) is 0 Å². The number of unbranched alkanes of at least 4 members (excludes halogenated alkanes) is 7. The lowest BCUT2D eigenvalue weighted by molar-refractivity contribution is -0.236. The number of aliphatic hydroxyl groups excluding tert-OH is 8. The first-order chi connectivity index (χ1) is 18.1. The Morgan fingerprint density at radius 1 is 0.500 bits per heavy atom. The Hall–Kier alpha value is -1.46. The minimum Gasteiger partial charge on any atom is -0.394 e. The van der Waals surface area contributed by atoms with Crippen LogP contribution in [-0.4, -0.2) is 127 Å². The standard InChI is InChI=1S/C24H44N2O12/c27-11-13-17(31)19(33)21(35)23(37-13)25-15(29)9-7-5-3-1-2-4-6-8-10-16(30)26-24-22(36)20(34)18(32)14(12-28)38-24/h13-14,17-24,27-28,31-36H,1-12H2,(H,25,29)(H,26,30)/t13-,14-,17+,18+,19+,20+,21-,22-,23-,24+/m1/s1. The maximum atomic E-state index is 12.1. The third-order valence-corrected chi connectivity index (χ3v) is 6.95. The van der Waals surface area contributed by atoms with Gasteiger partial charge >= 0.3 is 0 Å². The number of rotatable bonds is 15. The fourth-order valence-corrected chi connectivity index (χ4v) is 4.53. The topological polar surface area (TPSA) is 238 Å². The Labute approximate surface area is 221 Å². The van der Waals surface area contributed by atoms with Gasteiger partial charge in [-0.2, -0.15) is 0 Å². The zero-order valence-electron chi connectivity index (χ0n) is 21.5. The van der Waals surface area contributed by atoms with E-state index in [0.717, 1.165) is 38.5 Å².